The number of aliphatic hydroxyl groups excluding tert-OH is 1. The van der Waals surface area contributed by atoms with Crippen LogP contribution in [0.25, 0.3) is 0 Å². The molecule has 1 atom stereocenters. The van der Waals surface area contributed by atoms with E-state index in [9.17, 15) is 14.3 Å². The molecule has 17 heavy (non-hydrogen) atoms. The Morgan fingerprint density at radius 3 is 2.76 bits per heavy atom. The number of halogens is 1. The van der Waals surface area contributed by atoms with Gasteiger partial charge in [-0.2, -0.15) is 0 Å². The van der Waals surface area contributed by atoms with E-state index in [0.29, 0.717) is 0 Å². The first kappa shape index (κ1) is 13.4. The summed E-state index contributed by atoms with van der Waals surface area (Å²) in [6, 6.07) is 1.09. The predicted octanol–water partition coefficient (Wildman–Crippen LogP) is 1.35. The smallest absolute Gasteiger partial charge is 0.338 e. The number of hydrogen-bond acceptors (Lipinski definition) is 4. The van der Waals surface area contributed by atoms with E-state index in [1.807, 2.05) is 13.8 Å². The summed E-state index contributed by atoms with van der Waals surface area (Å²) in [7, 11) is 0. The second-order valence-electron chi connectivity index (χ2n) is 4.02. The van der Waals surface area contributed by atoms with Gasteiger partial charge in [-0.3, -0.25) is 0 Å². The number of anilines is 1. The first-order valence-corrected chi connectivity index (χ1v) is 5.23. The zero-order valence-electron chi connectivity index (χ0n) is 9.64. The number of rotatable bonds is 5. The number of aromatic carboxylic acids is 1. The molecule has 1 heterocycles. The van der Waals surface area contributed by atoms with Crippen LogP contribution in [0.15, 0.2) is 12.3 Å². The number of carboxylic acids is 1. The van der Waals surface area contributed by atoms with E-state index < -0.39 is 23.5 Å². The zero-order chi connectivity index (χ0) is 13.0. The maximum atomic E-state index is 13.6. The molecule has 5 nitrogen and oxygen atoms in total. The third-order valence-corrected chi connectivity index (χ3v) is 2.37. The summed E-state index contributed by atoms with van der Waals surface area (Å²) in [4.78, 5) is 14.4. The summed E-state index contributed by atoms with van der Waals surface area (Å²) in [5, 5.41) is 20.8. The average molecular weight is 242 g/mol. The van der Waals surface area contributed by atoms with Crippen molar-refractivity contribution in [3.8, 4) is 0 Å². The van der Waals surface area contributed by atoms with Gasteiger partial charge in [0.05, 0.1) is 6.10 Å². The van der Waals surface area contributed by atoms with E-state index in [4.69, 9.17) is 5.11 Å². The van der Waals surface area contributed by atoms with Crippen LogP contribution < -0.4 is 5.32 Å². The Morgan fingerprint density at radius 1 is 1.59 bits per heavy atom. The Hall–Kier alpha value is -1.69. The van der Waals surface area contributed by atoms with E-state index in [1.54, 1.807) is 0 Å². The first-order chi connectivity index (χ1) is 7.93. The van der Waals surface area contributed by atoms with Gasteiger partial charge in [0.2, 0.25) is 0 Å². The number of pyridine rings is 1. The minimum atomic E-state index is -1.35. The van der Waals surface area contributed by atoms with Crippen molar-refractivity contribution in [1.82, 2.24) is 4.98 Å². The highest BCUT2D eigenvalue weighted by atomic mass is 19.1. The third-order valence-electron chi connectivity index (χ3n) is 2.37. The van der Waals surface area contributed by atoms with Crippen molar-refractivity contribution in [1.29, 1.82) is 0 Å². The molecule has 0 aliphatic rings. The molecule has 0 spiro atoms. The number of carboxylic acid groups (broad SMARTS) is 1. The van der Waals surface area contributed by atoms with Crippen molar-refractivity contribution in [3.63, 3.8) is 0 Å². The maximum Gasteiger partial charge on any atom is 0.338 e. The molecule has 0 aliphatic heterocycles. The van der Waals surface area contributed by atoms with Crippen LogP contribution in [0.5, 0.6) is 0 Å². The lowest BCUT2D eigenvalue weighted by Crippen LogP contribution is -2.25. The molecule has 0 saturated carbocycles. The molecule has 6 heteroatoms. The number of hydrogen-bond donors (Lipinski definition) is 3. The van der Waals surface area contributed by atoms with Crippen LogP contribution in [0, 0.1) is 11.7 Å². The lowest BCUT2D eigenvalue weighted by Gasteiger charge is -2.15. The molecule has 1 aromatic rings. The molecular formula is C11H15FN2O3. The average Bonchev–Trinajstić information content (AvgIpc) is 2.26. The largest absolute Gasteiger partial charge is 0.478 e. The fraction of sp³-hybridized carbons (Fsp3) is 0.455. The Kier molecular flexibility index (Phi) is 4.39. The summed E-state index contributed by atoms with van der Waals surface area (Å²) in [5.74, 6) is -2.41. The van der Waals surface area contributed by atoms with Crippen molar-refractivity contribution in [2.45, 2.75) is 20.0 Å². The second kappa shape index (κ2) is 5.58. The molecule has 0 bridgehead atoms. The van der Waals surface area contributed by atoms with Crippen LogP contribution >= 0.6 is 0 Å². The van der Waals surface area contributed by atoms with Crippen LogP contribution in [0.3, 0.4) is 0 Å². The number of carbonyl (C=O) groups is 1. The molecule has 0 radical (unpaired) electrons. The van der Waals surface area contributed by atoms with Gasteiger partial charge in [0.25, 0.3) is 0 Å². The fourth-order valence-corrected chi connectivity index (χ4v) is 1.17. The van der Waals surface area contributed by atoms with Crippen LogP contribution in [-0.4, -0.2) is 33.8 Å². The SMILES string of the molecule is CC(C)C(O)CNc1nccc(C(=O)O)c1F. The molecule has 0 aromatic carbocycles. The molecular weight excluding hydrogens is 227 g/mol. The number of nitrogens with one attached hydrogen (secondary N) is 1. The summed E-state index contributed by atoms with van der Waals surface area (Å²) < 4.78 is 13.6. The minimum absolute atomic E-state index is 0.0215. The standard InChI is InChI=1S/C11H15FN2O3/c1-6(2)8(15)5-14-10-9(12)7(11(16)17)3-4-13-10/h3-4,6,8,15H,5H2,1-2H3,(H,13,14)(H,16,17). The van der Waals surface area contributed by atoms with Gasteiger partial charge in [-0.1, -0.05) is 13.8 Å². The van der Waals surface area contributed by atoms with Gasteiger partial charge in [-0.05, 0) is 12.0 Å². The third kappa shape index (κ3) is 3.39. The Balaban J connectivity index is 2.79. The van der Waals surface area contributed by atoms with Gasteiger partial charge in [0, 0.05) is 12.7 Å². The van der Waals surface area contributed by atoms with Crippen molar-refractivity contribution in [2.75, 3.05) is 11.9 Å². The van der Waals surface area contributed by atoms with E-state index in [-0.39, 0.29) is 18.3 Å². The summed E-state index contributed by atoms with van der Waals surface area (Å²) in [6.45, 7) is 3.76. The molecule has 1 rings (SSSR count). The van der Waals surface area contributed by atoms with Crippen molar-refractivity contribution in [3.05, 3.63) is 23.6 Å². The van der Waals surface area contributed by atoms with Crippen LogP contribution in [-0.2, 0) is 0 Å². The quantitative estimate of drug-likeness (QED) is 0.726. The predicted molar refractivity (Wildman–Crippen MR) is 60.5 cm³/mol. The van der Waals surface area contributed by atoms with Gasteiger partial charge >= 0.3 is 5.97 Å². The summed E-state index contributed by atoms with van der Waals surface area (Å²) >= 11 is 0. The summed E-state index contributed by atoms with van der Waals surface area (Å²) in [6.07, 6.45) is 0.557. The normalized spacial score (nSPS) is 12.5. The maximum absolute atomic E-state index is 13.6. The molecule has 1 aromatic heterocycles. The number of nitrogens with zero attached hydrogens (tertiary/aromatic N) is 1. The fourth-order valence-electron chi connectivity index (χ4n) is 1.17. The van der Waals surface area contributed by atoms with Gasteiger partial charge in [0.1, 0.15) is 5.56 Å². The molecule has 0 aliphatic carbocycles. The van der Waals surface area contributed by atoms with Gasteiger partial charge in [-0.15, -0.1) is 0 Å². The lowest BCUT2D eigenvalue weighted by atomic mass is 10.1. The lowest BCUT2D eigenvalue weighted by molar-refractivity contribution is 0.0692. The van der Waals surface area contributed by atoms with Crippen molar-refractivity contribution < 1.29 is 19.4 Å². The van der Waals surface area contributed by atoms with E-state index in [1.165, 1.54) is 6.20 Å². The van der Waals surface area contributed by atoms with Gasteiger partial charge in [-0.25, -0.2) is 14.2 Å². The molecule has 94 valence electrons. The molecule has 1 unspecified atom stereocenters. The van der Waals surface area contributed by atoms with Crippen molar-refractivity contribution >= 4 is 11.8 Å². The molecule has 0 fully saturated rings. The van der Waals surface area contributed by atoms with Crippen LogP contribution in [0.2, 0.25) is 0 Å². The van der Waals surface area contributed by atoms with Crippen LogP contribution in [0.1, 0.15) is 24.2 Å². The minimum Gasteiger partial charge on any atom is -0.478 e. The molecule has 0 amide bonds. The van der Waals surface area contributed by atoms with Gasteiger partial charge < -0.3 is 15.5 Å². The number of aliphatic hydroxyl groups is 1. The highest BCUT2D eigenvalue weighted by Gasteiger charge is 2.16. The Bertz CT molecular complexity index is 410. The van der Waals surface area contributed by atoms with Crippen LogP contribution in [0.4, 0.5) is 10.2 Å². The topological polar surface area (TPSA) is 82.5 Å². The monoisotopic (exact) mass is 242 g/mol. The Morgan fingerprint density at radius 2 is 2.24 bits per heavy atom. The van der Waals surface area contributed by atoms with E-state index in [0.717, 1.165) is 6.07 Å². The highest BCUT2D eigenvalue weighted by molar-refractivity contribution is 5.88. The van der Waals surface area contributed by atoms with Gasteiger partial charge in [0.15, 0.2) is 11.6 Å². The highest BCUT2D eigenvalue weighted by Crippen LogP contribution is 2.15. The molecule has 3 N–H and O–H groups in total. The van der Waals surface area contributed by atoms with Crippen molar-refractivity contribution in [2.24, 2.45) is 5.92 Å². The zero-order valence-corrected chi connectivity index (χ0v) is 9.64. The number of aromatic nitrogens is 1. The van der Waals surface area contributed by atoms with E-state index >= 15 is 0 Å². The summed E-state index contributed by atoms with van der Waals surface area (Å²) in [5.41, 5.74) is -0.443. The Labute approximate surface area is 98.3 Å². The molecule has 0 saturated heterocycles. The second-order valence-corrected chi connectivity index (χ2v) is 4.02. The van der Waals surface area contributed by atoms with E-state index in [2.05, 4.69) is 10.3 Å². The first-order valence-electron chi connectivity index (χ1n) is 5.23.